The topological polar surface area (TPSA) is 76.3 Å². The molecule has 0 aliphatic carbocycles. The number of fused-ring (bicyclic) bond motifs is 1. The van der Waals surface area contributed by atoms with Crippen molar-refractivity contribution in [1.29, 1.82) is 0 Å². The summed E-state index contributed by atoms with van der Waals surface area (Å²) in [6.45, 7) is 0. The molecular formula is C9H5IN2O3. The van der Waals surface area contributed by atoms with Crippen LogP contribution in [0, 0.1) is 13.7 Å². The lowest BCUT2D eigenvalue weighted by Crippen LogP contribution is -1.92. The van der Waals surface area contributed by atoms with Crippen LogP contribution < -0.4 is 0 Å². The molecule has 1 N–H and O–H groups in total. The third-order valence-electron chi connectivity index (χ3n) is 1.99. The quantitative estimate of drug-likeness (QED) is 0.498. The average Bonchev–Trinajstić information content (AvgIpc) is 2.23. The minimum absolute atomic E-state index is 0.0169. The number of halogens is 1. The van der Waals surface area contributed by atoms with Crippen LogP contribution >= 0.6 is 22.6 Å². The molecule has 5 nitrogen and oxygen atoms in total. The van der Waals surface area contributed by atoms with Crippen molar-refractivity contribution in [3.8, 4) is 5.75 Å². The van der Waals surface area contributed by atoms with Crippen molar-refractivity contribution in [2.45, 2.75) is 0 Å². The Bertz CT molecular complexity index is 556. The molecule has 0 unspecified atom stereocenters. The molecule has 2 rings (SSSR count). The smallest absolute Gasteiger partial charge is 0.280 e. The fourth-order valence-electron chi connectivity index (χ4n) is 1.33. The molecule has 0 saturated heterocycles. The van der Waals surface area contributed by atoms with Gasteiger partial charge in [-0.05, 0) is 34.7 Å². The molecule has 0 spiro atoms. The molecule has 1 aromatic carbocycles. The Balaban J connectivity index is 2.94. The van der Waals surface area contributed by atoms with Gasteiger partial charge in [-0.3, -0.25) is 15.1 Å². The molecule has 6 heteroatoms. The van der Waals surface area contributed by atoms with Gasteiger partial charge >= 0.3 is 0 Å². The van der Waals surface area contributed by atoms with Crippen LogP contribution in [0.1, 0.15) is 0 Å². The Kier molecular flexibility index (Phi) is 2.43. The molecular weight excluding hydrogens is 311 g/mol. The second-order valence-electron chi connectivity index (χ2n) is 2.88. The highest BCUT2D eigenvalue weighted by molar-refractivity contribution is 14.1. The van der Waals surface area contributed by atoms with Gasteiger partial charge in [-0.1, -0.05) is 0 Å². The molecule has 15 heavy (non-hydrogen) atoms. The van der Waals surface area contributed by atoms with Crippen LogP contribution in [0.3, 0.4) is 0 Å². The molecule has 1 heterocycles. The third-order valence-corrected chi connectivity index (χ3v) is 2.82. The summed E-state index contributed by atoms with van der Waals surface area (Å²) >= 11 is 1.84. The number of phenolic OH excluding ortho intramolecular Hbond substituents is 1. The van der Waals surface area contributed by atoms with E-state index < -0.39 is 4.92 Å². The Labute approximate surface area is 98.0 Å². The molecule has 76 valence electrons. The molecule has 0 amide bonds. The first-order valence-corrected chi connectivity index (χ1v) is 5.09. The number of nitrogens with zero attached hydrogens (tertiary/aromatic N) is 2. The molecule has 0 fully saturated rings. The highest BCUT2D eigenvalue weighted by atomic mass is 127. The van der Waals surface area contributed by atoms with Gasteiger partial charge in [0.2, 0.25) is 0 Å². The van der Waals surface area contributed by atoms with E-state index in [0.29, 0.717) is 8.96 Å². The summed E-state index contributed by atoms with van der Waals surface area (Å²) in [6.07, 6.45) is 1.49. The highest BCUT2D eigenvalue weighted by Crippen LogP contribution is 2.34. The first kappa shape index (κ1) is 10.1. The Morgan fingerprint density at radius 2 is 2.27 bits per heavy atom. The van der Waals surface area contributed by atoms with Crippen molar-refractivity contribution in [2.75, 3.05) is 0 Å². The normalized spacial score (nSPS) is 10.5. The van der Waals surface area contributed by atoms with Gasteiger partial charge in [0.25, 0.3) is 5.69 Å². The molecule has 0 bridgehead atoms. The maximum Gasteiger partial charge on any atom is 0.280 e. The van der Waals surface area contributed by atoms with E-state index in [1.165, 1.54) is 12.3 Å². The number of hydrogen-bond acceptors (Lipinski definition) is 4. The molecule has 0 atom stereocenters. The van der Waals surface area contributed by atoms with Gasteiger partial charge in [0.15, 0.2) is 5.75 Å². The van der Waals surface area contributed by atoms with Gasteiger partial charge in [-0.15, -0.1) is 0 Å². The van der Waals surface area contributed by atoms with E-state index in [1.54, 1.807) is 12.1 Å². The van der Waals surface area contributed by atoms with Crippen molar-refractivity contribution in [1.82, 2.24) is 4.98 Å². The second-order valence-corrected chi connectivity index (χ2v) is 4.04. The fourth-order valence-corrected chi connectivity index (χ4v) is 1.88. The molecule has 0 radical (unpaired) electrons. The van der Waals surface area contributed by atoms with Crippen LogP contribution in [-0.2, 0) is 0 Å². The number of hydrogen-bond donors (Lipinski definition) is 1. The summed E-state index contributed by atoms with van der Waals surface area (Å²) in [6, 6.07) is 4.50. The summed E-state index contributed by atoms with van der Waals surface area (Å²) in [5.41, 5.74) is 0.219. The van der Waals surface area contributed by atoms with E-state index >= 15 is 0 Å². The summed E-state index contributed by atoms with van der Waals surface area (Å²) in [5.74, 6) is -0.0169. The predicted molar refractivity (Wildman–Crippen MR) is 62.8 cm³/mol. The van der Waals surface area contributed by atoms with Gasteiger partial charge in [-0.2, -0.15) is 0 Å². The van der Waals surface area contributed by atoms with Crippen molar-refractivity contribution >= 4 is 39.2 Å². The number of non-ortho nitro benzene ring substituents is 1. The van der Waals surface area contributed by atoms with Gasteiger partial charge in [-0.25, -0.2) is 0 Å². The Hall–Kier alpha value is -1.44. The number of aromatic hydroxyl groups is 1. The maximum atomic E-state index is 10.8. The number of phenols is 1. The second kappa shape index (κ2) is 3.61. The monoisotopic (exact) mass is 316 g/mol. The largest absolute Gasteiger partial charge is 0.505 e. The van der Waals surface area contributed by atoms with Crippen molar-refractivity contribution in [2.24, 2.45) is 0 Å². The Morgan fingerprint density at radius 1 is 1.53 bits per heavy atom. The number of nitro groups is 1. The van der Waals surface area contributed by atoms with Crippen LogP contribution in [0.4, 0.5) is 5.69 Å². The first-order valence-electron chi connectivity index (χ1n) is 4.02. The summed E-state index contributed by atoms with van der Waals surface area (Å²) in [5, 5.41) is 20.8. The van der Waals surface area contributed by atoms with E-state index in [1.807, 2.05) is 22.6 Å². The number of aromatic nitrogens is 1. The van der Waals surface area contributed by atoms with E-state index in [0.717, 1.165) is 0 Å². The number of rotatable bonds is 1. The zero-order valence-corrected chi connectivity index (χ0v) is 9.50. The highest BCUT2D eigenvalue weighted by Gasteiger charge is 2.17. The fraction of sp³-hybridized carbons (Fsp3) is 0. The zero-order valence-electron chi connectivity index (χ0n) is 7.35. The number of benzene rings is 1. The number of pyridine rings is 1. The van der Waals surface area contributed by atoms with E-state index in [2.05, 4.69) is 4.98 Å². The lowest BCUT2D eigenvalue weighted by atomic mass is 10.2. The SMILES string of the molecule is O=[N+]([O-])c1cc(I)c(O)c2ncccc12. The van der Waals surface area contributed by atoms with Crippen LogP contribution in [0.5, 0.6) is 5.75 Å². The summed E-state index contributed by atoms with van der Waals surface area (Å²) in [7, 11) is 0. The Morgan fingerprint density at radius 3 is 2.93 bits per heavy atom. The van der Waals surface area contributed by atoms with Gasteiger partial charge < -0.3 is 5.11 Å². The minimum Gasteiger partial charge on any atom is -0.505 e. The maximum absolute atomic E-state index is 10.8. The summed E-state index contributed by atoms with van der Waals surface area (Å²) < 4.78 is 0.422. The van der Waals surface area contributed by atoms with Crippen molar-refractivity contribution in [3.63, 3.8) is 0 Å². The van der Waals surface area contributed by atoms with Crippen molar-refractivity contribution in [3.05, 3.63) is 38.1 Å². The van der Waals surface area contributed by atoms with E-state index in [-0.39, 0.29) is 17.0 Å². The van der Waals surface area contributed by atoms with Crippen LogP contribution in [0.2, 0.25) is 0 Å². The predicted octanol–water partition coefficient (Wildman–Crippen LogP) is 2.45. The van der Waals surface area contributed by atoms with Crippen LogP contribution in [-0.4, -0.2) is 15.0 Å². The molecule has 1 aromatic heterocycles. The van der Waals surface area contributed by atoms with Gasteiger partial charge in [0, 0.05) is 12.3 Å². The van der Waals surface area contributed by atoms with E-state index in [4.69, 9.17) is 0 Å². The summed E-state index contributed by atoms with van der Waals surface area (Å²) in [4.78, 5) is 14.2. The minimum atomic E-state index is -0.481. The van der Waals surface area contributed by atoms with E-state index in [9.17, 15) is 15.2 Å². The van der Waals surface area contributed by atoms with Crippen LogP contribution in [0.25, 0.3) is 10.9 Å². The lowest BCUT2D eigenvalue weighted by Gasteiger charge is -2.02. The lowest BCUT2D eigenvalue weighted by molar-refractivity contribution is -0.383. The molecule has 2 aromatic rings. The average molecular weight is 316 g/mol. The number of nitro benzene ring substituents is 1. The molecule has 0 aliphatic rings. The zero-order chi connectivity index (χ0) is 11.0. The third kappa shape index (κ3) is 1.60. The van der Waals surface area contributed by atoms with Gasteiger partial charge in [0.05, 0.1) is 13.9 Å². The standard InChI is InChI=1S/C9H5IN2O3/c10-6-4-7(12(14)15)5-2-1-3-11-8(5)9(6)13/h1-4,13H. The molecule has 0 aliphatic heterocycles. The first-order chi connectivity index (χ1) is 7.11. The van der Waals surface area contributed by atoms with Crippen molar-refractivity contribution < 1.29 is 10.0 Å². The van der Waals surface area contributed by atoms with Gasteiger partial charge in [0.1, 0.15) is 5.52 Å². The molecule has 0 saturated carbocycles. The van der Waals surface area contributed by atoms with Crippen LogP contribution in [0.15, 0.2) is 24.4 Å².